The molecule has 2 aliphatic rings. The number of ether oxygens (including phenoxy) is 1. The molecule has 0 amide bonds. The Hall–Kier alpha value is -7.90. The van der Waals surface area contributed by atoms with Gasteiger partial charge in [0.05, 0.1) is 43.6 Å². The normalized spacial score (nSPS) is 15.1. The fourth-order valence-corrected chi connectivity index (χ4v) is 21.0. The molecule has 99 heavy (non-hydrogen) atoms. The lowest BCUT2D eigenvalue weighted by Crippen LogP contribution is -2.40. The monoisotopic (exact) mass is 1380 g/mol. The van der Waals surface area contributed by atoms with Gasteiger partial charge < -0.3 is 4.74 Å². The average molecular weight is 1380 g/mol. The minimum Gasteiger partial charge on any atom is -0.475 e. The molecule has 5 heteroatoms. The highest BCUT2D eigenvalue weighted by molar-refractivity contribution is 7.98. The zero-order valence-electron chi connectivity index (χ0n) is 61.6. The van der Waals surface area contributed by atoms with Crippen molar-refractivity contribution in [3.8, 4) is 5.75 Å². The van der Waals surface area contributed by atoms with Crippen LogP contribution in [0.4, 0.5) is 0 Å². The van der Waals surface area contributed by atoms with E-state index in [1.165, 1.54) is 92.8 Å². The second-order valence-corrected chi connectivity index (χ2v) is 39.1. The van der Waals surface area contributed by atoms with Crippen molar-refractivity contribution in [2.75, 3.05) is 0 Å². The Bertz CT molecular complexity index is 4160. The fourth-order valence-electron chi connectivity index (χ4n) is 12.1. The van der Waals surface area contributed by atoms with Gasteiger partial charge in [-0.3, -0.25) is 0 Å². The lowest BCUT2D eigenvalue weighted by Gasteiger charge is -2.30. The molecule has 1 aliphatic carbocycles. The Kier molecular flexibility index (Phi) is 24.0. The van der Waals surface area contributed by atoms with Crippen LogP contribution in [0, 0.1) is 13.8 Å². The van der Waals surface area contributed by atoms with Crippen LogP contribution in [0.15, 0.2) is 363 Å². The Labute approximate surface area is 607 Å². The Morgan fingerprint density at radius 3 is 0.919 bits per heavy atom. The molecule has 3 unspecified atom stereocenters. The first-order valence-electron chi connectivity index (χ1n) is 35.0. The third-order valence-corrected chi connectivity index (χ3v) is 27.3. The number of allylic oxidation sites excluding steroid dienone is 2. The SMILES string of the molecule is C1=CC2Oc3ccccc3[S+](c3ccccc3)C2C=C1.CC(C)(C)c1ccc([S+](c2ccc(C(C)(C)C)cc2)c2ccc(C(C)(C)C)cc2)cc1.CC(C)(C)c1ccc([S+](c2ccccc2)c2ccc(C(C)(C)C)cc2)cc1.Cc1ccc([S+](c2ccccc2)c2ccccc2)c(C)c1. The Morgan fingerprint density at radius 1 is 0.293 bits per heavy atom. The summed E-state index contributed by atoms with van der Waals surface area (Å²) in [5.41, 5.74) is 10.4. The molecule has 1 aliphatic heterocycles. The van der Waals surface area contributed by atoms with Crippen LogP contribution in [0.1, 0.15) is 143 Å². The van der Waals surface area contributed by atoms with Crippen molar-refractivity contribution >= 4 is 43.6 Å². The standard InChI is InChI=1S/C30H39S.C26H31S.C20H19S.C18H15OS/c1-28(2,3)22-10-16-25(17-11-22)31(26-18-12-23(13-19-26)29(4,5)6)27-20-14-24(15-21-27)30(7,8)9;1-25(2,3)20-12-16-23(17-13-20)27(22-10-8-7-9-11-22)24-18-14-21(15-19-24)26(4,5)6;1-16-13-14-20(17(2)15-16)21(18-9-5-3-6-10-18)19-11-7-4-8-12-19;1-2-8-14(9-3-1)20-17-12-6-4-10-15(17)19-16-11-5-7-13-18(16)20/h10-21H,1-9H3;7-19H,1-6H3;3-15H,1-2H3;1-13,15,17H/q4*+1. The van der Waals surface area contributed by atoms with Crippen LogP contribution in [0.2, 0.25) is 0 Å². The molecule has 13 rings (SSSR count). The van der Waals surface area contributed by atoms with Gasteiger partial charge in [-0.25, -0.2) is 0 Å². The maximum Gasteiger partial charge on any atom is 0.203 e. The van der Waals surface area contributed by atoms with Crippen molar-refractivity contribution in [1.82, 2.24) is 0 Å². The molecule has 0 fully saturated rings. The average Bonchev–Trinajstić information content (AvgIpc) is 0.857. The van der Waals surface area contributed by atoms with Crippen LogP contribution >= 0.6 is 0 Å². The van der Waals surface area contributed by atoms with Crippen molar-refractivity contribution in [3.63, 3.8) is 0 Å². The third-order valence-electron chi connectivity index (χ3n) is 17.9. The van der Waals surface area contributed by atoms with Crippen LogP contribution in [-0.4, -0.2) is 11.4 Å². The number of fused-ring (bicyclic) bond motifs is 2. The van der Waals surface area contributed by atoms with Crippen LogP contribution in [0.3, 0.4) is 0 Å². The third kappa shape index (κ3) is 19.1. The summed E-state index contributed by atoms with van der Waals surface area (Å²) in [6, 6.07) is 105. The molecule has 0 saturated carbocycles. The summed E-state index contributed by atoms with van der Waals surface area (Å²) in [5, 5.41) is 0.400. The molecule has 11 aromatic carbocycles. The van der Waals surface area contributed by atoms with Gasteiger partial charge in [-0.15, -0.1) is 0 Å². The number of benzene rings is 11. The summed E-state index contributed by atoms with van der Waals surface area (Å²) in [7, 11) is -0.202. The van der Waals surface area contributed by atoms with Gasteiger partial charge in [-0.1, -0.05) is 279 Å². The minimum absolute atomic E-state index is 0.0345. The highest BCUT2D eigenvalue weighted by Gasteiger charge is 2.46. The molecule has 3 atom stereocenters. The lowest BCUT2D eigenvalue weighted by atomic mass is 9.87. The highest BCUT2D eigenvalue weighted by Crippen LogP contribution is 2.43. The zero-order chi connectivity index (χ0) is 70.7. The van der Waals surface area contributed by atoms with Crippen molar-refractivity contribution in [1.29, 1.82) is 0 Å². The molecule has 0 N–H and O–H groups in total. The number of hydrogen-bond acceptors (Lipinski definition) is 1. The molecular formula is C94H104OS4+4. The topological polar surface area (TPSA) is 9.23 Å². The van der Waals surface area contributed by atoms with E-state index in [4.69, 9.17) is 4.74 Å². The fraction of sp³-hybridized carbons (Fsp3) is 0.255. The van der Waals surface area contributed by atoms with Gasteiger partial charge in [-0.05, 0) is 208 Å². The molecule has 0 aromatic heterocycles. The molecular weight excluding hydrogens is 1270 g/mol. The first-order valence-corrected chi connectivity index (χ1v) is 39.9. The van der Waals surface area contributed by atoms with E-state index < -0.39 is 0 Å². The van der Waals surface area contributed by atoms with Crippen LogP contribution in [-0.2, 0) is 70.7 Å². The Balaban J connectivity index is 0.000000145. The summed E-state index contributed by atoms with van der Waals surface area (Å²) < 4.78 is 6.16. The number of rotatable bonds is 10. The molecule has 0 saturated heterocycles. The first kappa shape index (κ1) is 73.8. The van der Waals surface area contributed by atoms with Gasteiger partial charge in [0.2, 0.25) is 4.90 Å². The maximum atomic E-state index is 6.16. The molecule has 11 aromatic rings. The van der Waals surface area contributed by atoms with Crippen LogP contribution in [0.25, 0.3) is 0 Å². The van der Waals surface area contributed by atoms with E-state index in [1.807, 2.05) is 6.07 Å². The predicted octanol–water partition coefficient (Wildman–Crippen LogP) is 25.4. The summed E-state index contributed by atoms with van der Waals surface area (Å²) >= 11 is 0. The number of hydrogen-bond donors (Lipinski definition) is 0. The van der Waals surface area contributed by atoms with E-state index >= 15 is 0 Å². The molecule has 0 bridgehead atoms. The number of aryl methyl sites for hydroxylation is 2. The van der Waals surface area contributed by atoms with Gasteiger partial charge in [-0.2, -0.15) is 0 Å². The highest BCUT2D eigenvalue weighted by atomic mass is 32.2. The predicted molar refractivity (Wildman–Crippen MR) is 431 cm³/mol. The maximum absolute atomic E-state index is 6.16. The van der Waals surface area contributed by atoms with E-state index in [0.29, 0.717) is 5.25 Å². The van der Waals surface area contributed by atoms with Gasteiger partial charge >= 0.3 is 0 Å². The van der Waals surface area contributed by atoms with Crippen molar-refractivity contribution in [2.45, 2.75) is 210 Å². The van der Waals surface area contributed by atoms with Gasteiger partial charge in [0.15, 0.2) is 66.1 Å². The van der Waals surface area contributed by atoms with E-state index in [9.17, 15) is 0 Å². The van der Waals surface area contributed by atoms with Gasteiger partial charge in [0.25, 0.3) is 0 Å². The van der Waals surface area contributed by atoms with Crippen LogP contribution < -0.4 is 4.74 Å². The first-order chi connectivity index (χ1) is 47.1. The summed E-state index contributed by atoms with van der Waals surface area (Å²) in [5.74, 6) is 1.03. The van der Waals surface area contributed by atoms with Crippen molar-refractivity contribution in [2.24, 2.45) is 0 Å². The van der Waals surface area contributed by atoms with E-state index in [1.54, 1.807) is 0 Å². The van der Waals surface area contributed by atoms with Crippen molar-refractivity contribution in [3.05, 3.63) is 348 Å². The van der Waals surface area contributed by atoms with Crippen LogP contribution in [0.5, 0.6) is 5.75 Å². The molecule has 0 radical (unpaired) electrons. The molecule has 1 nitrogen and oxygen atoms in total. The quantitative estimate of drug-likeness (QED) is 0.124. The second kappa shape index (κ2) is 32.2. The summed E-state index contributed by atoms with van der Waals surface area (Å²) in [4.78, 5) is 15.1. The van der Waals surface area contributed by atoms with Crippen molar-refractivity contribution < 1.29 is 4.74 Å². The second-order valence-electron chi connectivity index (χ2n) is 30.9. The molecule has 1 heterocycles. The number of para-hydroxylation sites is 1. The summed E-state index contributed by atoms with van der Waals surface area (Å²) in [6.07, 6.45) is 8.84. The van der Waals surface area contributed by atoms with E-state index in [0.717, 1.165) is 5.75 Å². The lowest BCUT2D eigenvalue weighted by molar-refractivity contribution is 0.242. The minimum atomic E-state index is -0.120. The van der Waals surface area contributed by atoms with Gasteiger partial charge in [0, 0.05) is 5.56 Å². The Morgan fingerprint density at radius 2 is 0.586 bits per heavy atom. The smallest absolute Gasteiger partial charge is 0.203 e. The largest absolute Gasteiger partial charge is 0.475 e. The van der Waals surface area contributed by atoms with E-state index in [-0.39, 0.29) is 76.8 Å². The van der Waals surface area contributed by atoms with E-state index in [2.05, 4.69) is 421 Å². The van der Waals surface area contributed by atoms with Gasteiger partial charge in [0.1, 0.15) is 0 Å². The molecule has 506 valence electrons. The summed E-state index contributed by atoms with van der Waals surface area (Å²) in [6.45, 7) is 38.5. The molecule has 0 spiro atoms. The zero-order valence-corrected chi connectivity index (χ0v) is 64.9.